The van der Waals surface area contributed by atoms with Crippen LogP contribution < -0.4 is 5.73 Å². The summed E-state index contributed by atoms with van der Waals surface area (Å²) < 4.78 is 2.35. The summed E-state index contributed by atoms with van der Waals surface area (Å²) in [6.07, 6.45) is 11.8. The third kappa shape index (κ3) is 3.14. The van der Waals surface area contributed by atoms with Gasteiger partial charge < -0.3 is 10.3 Å². The van der Waals surface area contributed by atoms with Crippen molar-refractivity contribution in [3.63, 3.8) is 0 Å². The summed E-state index contributed by atoms with van der Waals surface area (Å²) in [5.74, 6) is 1.35. The number of anilines is 1. The van der Waals surface area contributed by atoms with E-state index in [4.69, 9.17) is 5.73 Å². The van der Waals surface area contributed by atoms with Crippen LogP contribution in [0, 0.1) is 5.92 Å². The zero-order chi connectivity index (χ0) is 18.2. The van der Waals surface area contributed by atoms with Gasteiger partial charge in [0.15, 0.2) is 0 Å². The lowest BCUT2D eigenvalue weighted by atomic mass is 9.97. The minimum absolute atomic E-state index is 0.556. The largest absolute Gasteiger partial charge is 0.384 e. The van der Waals surface area contributed by atoms with E-state index in [1.807, 2.05) is 18.3 Å². The van der Waals surface area contributed by atoms with Gasteiger partial charge in [-0.05, 0) is 67.9 Å². The predicted octanol–water partition coefficient (Wildman–Crippen LogP) is 4.54. The van der Waals surface area contributed by atoms with Gasteiger partial charge in [-0.25, -0.2) is 15.0 Å². The van der Waals surface area contributed by atoms with Crippen molar-refractivity contribution in [2.24, 2.45) is 5.92 Å². The predicted molar refractivity (Wildman–Crippen MR) is 108 cm³/mol. The number of aromatic nitrogens is 4. The number of benzene rings is 1. The average Bonchev–Trinajstić information content (AvgIpc) is 3.32. The van der Waals surface area contributed by atoms with Crippen LogP contribution in [0.15, 0.2) is 55.1 Å². The maximum absolute atomic E-state index is 5.83. The fourth-order valence-corrected chi connectivity index (χ4v) is 4.46. The second-order valence-electron chi connectivity index (χ2n) is 7.66. The minimum atomic E-state index is 0.556. The molecule has 2 unspecified atom stereocenters. The van der Waals surface area contributed by atoms with Crippen LogP contribution in [0.2, 0.25) is 0 Å². The van der Waals surface area contributed by atoms with Gasteiger partial charge in [-0.1, -0.05) is 12.1 Å². The zero-order valence-corrected chi connectivity index (χ0v) is 15.3. The number of nitrogens with two attached hydrogens (primary N) is 1. The molecule has 27 heavy (non-hydrogen) atoms. The molecule has 3 heterocycles. The zero-order valence-electron chi connectivity index (χ0n) is 15.3. The normalized spacial score (nSPS) is 19.9. The molecular formula is C22H23N5. The first-order valence-electron chi connectivity index (χ1n) is 9.68. The number of nitrogen functional groups attached to an aromatic ring is 1. The molecule has 1 saturated carbocycles. The van der Waals surface area contributed by atoms with Gasteiger partial charge in [0.1, 0.15) is 17.8 Å². The van der Waals surface area contributed by atoms with Gasteiger partial charge >= 0.3 is 0 Å². The molecule has 1 aromatic carbocycles. The monoisotopic (exact) mass is 357 g/mol. The molecule has 2 atom stereocenters. The van der Waals surface area contributed by atoms with E-state index >= 15 is 0 Å². The first-order valence-corrected chi connectivity index (χ1v) is 9.68. The van der Waals surface area contributed by atoms with Crippen molar-refractivity contribution in [2.45, 2.75) is 38.1 Å². The third-order valence-electron chi connectivity index (χ3n) is 5.90. The molecule has 0 aliphatic heterocycles. The lowest BCUT2D eigenvalue weighted by Gasteiger charge is -2.14. The van der Waals surface area contributed by atoms with E-state index in [-0.39, 0.29) is 0 Å². The lowest BCUT2D eigenvalue weighted by Crippen LogP contribution is -2.05. The van der Waals surface area contributed by atoms with Crippen LogP contribution in [0.5, 0.6) is 0 Å². The standard InChI is InChI=1S/C22H23N5/c23-21-8-6-17-5-3-16(12-20(17)26-21)2-1-15-4-7-19(11-15)27-10-9-18-13-24-14-25-22(18)27/h3,5-6,8-10,12-15,19H,1-2,4,7,11H2,(H2,23,26). The van der Waals surface area contributed by atoms with E-state index in [1.165, 1.54) is 31.2 Å². The number of hydrogen-bond donors (Lipinski definition) is 1. The molecular weight excluding hydrogens is 334 g/mol. The number of hydrogen-bond acceptors (Lipinski definition) is 4. The SMILES string of the molecule is Nc1ccc2ccc(CCC3CCC(n4ccc5cncnc54)C3)cc2n1. The maximum atomic E-state index is 5.83. The van der Waals surface area contributed by atoms with Gasteiger partial charge in [0.2, 0.25) is 0 Å². The topological polar surface area (TPSA) is 69.6 Å². The Labute approximate surface area is 158 Å². The van der Waals surface area contributed by atoms with Gasteiger partial charge in [-0.15, -0.1) is 0 Å². The summed E-state index contributed by atoms with van der Waals surface area (Å²) in [6.45, 7) is 0. The Morgan fingerprint density at radius 3 is 2.96 bits per heavy atom. The smallest absolute Gasteiger partial charge is 0.143 e. The molecule has 4 aromatic rings. The summed E-state index contributed by atoms with van der Waals surface area (Å²) in [4.78, 5) is 13.0. The Bertz CT molecular complexity index is 1100. The highest BCUT2D eigenvalue weighted by Gasteiger charge is 2.26. The van der Waals surface area contributed by atoms with Crippen molar-refractivity contribution in [2.75, 3.05) is 5.73 Å². The Kier molecular flexibility index (Phi) is 4.00. The van der Waals surface area contributed by atoms with Crippen LogP contribution in [0.3, 0.4) is 0 Å². The number of aryl methyl sites for hydroxylation is 1. The Hall–Kier alpha value is -2.95. The van der Waals surface area contributed by atoms with Crippen molar-refractivity contribution in [1.82, 2.24) is 19.5 Å². The second kappa shape index (κ2) is 6.65. The van der Waals surface area contributed by atoms with E-state index < -0.39 is 0 Å². The summed E-state index contributed by atoms with van der Waals surface area (Å²) in [7, 11) is 0. The van der Waals surface area contributed by atoms with Gasteiger partial charge in [-0.3, -0.25) is 0 Å². The van der Waals surface area contributed by atoms with Crippen LogP contribution >= 0.6 is 0 Å². The van der Waals surface area contributed by atoms with Crippen molar-refractivity contribution >= 4 is 27.8 Å². The molecule has 0 bridgehead atoms. The van der Waals surface area contributed by atoms with Crippen LogP contribution in [0.4, 0.5) is 5.82 Å². The highest BCUT2D eigenvalue weighted by Crippen LogP contribution is 2.38. The van der Waals surface area contributed by atoms with E-state index in [0.29, 0.717) is 11.9 Å². The number of pyridine rings is 1. The molecule has 136 valence electrons. The molecule has 0 amide bonds. The molecule has 2 N–H and O–H groups in total. The van der Waals surface area contributed by atoms with E-state index in [2.05, 4.69) is 50.0 Å². The molecule has 5 heteroatoms. The van der Waals surface area contributed by atoms with Crippen molar-refractivity contribution in [3.8, 4) is 0 Å². The Morgan fingerprint density at radius 1 is 1.07 bits per heavy atom. The first-order chi connectivity index (χ1) is 13.3. The summed E-state index contributed by atoms with van der Waals surface area (Å²) in [5, 5.41) is 2.28. The van der Waals surface area contributed by atoms with Crippen LogP contribution in [-0.4, -0.2) is 19.5 Å². The van der Waals surface area contributed by atoms with E-state index in [1.54, 1.807) is 6.33 Å². The third-order valence-corrected chi connectivity index (χ3v) is 5.90. The molecule has 1 aliphatic carbocycles. The second-order valence-corrected chi connectivity index (χ2v) is 7.66. The van der Waals surface area contributed by atoms with Crippen molar-refractivity contribution in [3.05, 3.63) is 60.7 Å². The summed E-state index contributed by atoms with van der Waals surface area (Å²) in [6, 6.07) is 13.1. The maximum Gasteiger partial charge on any atom is 0.143 e. The van der Waals surface area contributed by atoms with Crippen LogP contribution in [0.25, 0.3) is 21.9 Å². The lowest BCUT2D eigenvalue weighted by molar-refractivity contribution is 0.461. The van der Waals surface area contributed by atoms with E-state index in [9.17, 15) is 0 Å². The van der Waals surface area contributed by atoms with Gasteiger partial charge in [-0.2, -0.15) is 0 Å². The molecule has 0 radical (unpaired) electrons. The molecule has 1 fully saturated rings. The highest BCUT2D eigenvalue weighted by atomic mass is 15.1. The quantitative estimate of drug-likeness (QED) is 0.582. The van der Waals surface area contributed by atoms with Crippen molar-refractivity contribution in [1.29, 1.82) is 0 Å². The average molecular weight is 357 g/mol. The molecule has 5 rings (SSSR count). The van der Waals surface area contributed by atoms with Gasteiger partial charge in [0.25, 0.3) is 0 Å². The summed E-state index contributed by atoms with van der Waals surface area (Å²) in [5.41, 5.74) is 9.24. The number of fused-ring (bicyclic) bond motifs is 2. The first kappa shape index (κ1) is 16.2. The molecule has 0 spiro atoms. The van der Waals surface area contributed by atoms with Crippen LogP contribution in [0.1, 0.15) is 37.3 Å². The molecule has 5 nitrogen and oxygen atoms in total. The Balaban J connectivity index is 1.26. The molecule has 0 saturated heterocycles. The van der Waals surface area contributed by atoms with E-state index in [0.717, 1.165) is 34.3 Å². The minimum Gasteiger partial charge on any atom is -0.384 e. The fourth-order valence-electron chi connectivity index (χ4n) is 4.46. The highest BCUT2D eigenvalue weighted by molar-refractivity contribution is 5.80. The number of nitrogens with zero attached hydrogens (tertiary/aromatic N) is 4. The van der Waals surface area contributed by atoms with Gasteiger partial charge in [0.05, 0.1) is 5.52 Å². The van der Waals surface area contributed by atoms with Crippen LogP contribution in [-0.2, 0) is 6.42 Å². The Morgan fingerprint density at radius 2 is 2.00 bits per heavy atom. The summed E-state index contributed by atoms with van der Waals surface area (Å²) >= 11 is 0. The molecule has 1 aliphatic rings. The number of rotatable bonds is 4. The van der Waals surface area contributed by atoms with Gasteiger partial charge in [0, 0.05) is 29.2 Å². The fraction of sp³-hybridized carbons (Fsp3) is 0.318. The molecule has 3 aromatic heterocycles. The van der Waals surface area contributed by atoms with Crippen molar-refractivity contribution < 1.29 is 0 Å².